The molecule has 25 heavy (non-hydrogen) atoms. The van der Waals surface area contributed by atoms with E-state index in [0.29, 0.717) is 43.6 Å². The number of benzene rings is 1. The fourth-order valence-corrected chi connectivity index (χ4v) is 5.75. The summed E-state index contributed by atoms with van der Waals surface area (Å²) in [7, 11) is -3.63. The molecular formula is C15H18N4O4S2. The first kappa shape index (κ1) is 16.7. The van der Waals surface area contributed by atoms with E-state index in [2.05, 4.69) is 8.75 Å². The van der Waals surface area contributed by atoms with Gasteiger partial charge in [-0.1, -0.05) is 6.07 Å². The molecule has 0 aliphatic carbocycles. The number of sulfonamides is 1. The van der Waals surface area contributed by atoms with E-state index in [1.807, 2.05) is 6.92 Å². The van der Waals surface area contributed by atoms with Crippen molar-refractivity contribution in [1.29, 1.82) is 0 Å². The predicted octanol–water partition coefficient (Wildman–Crippen LogP) is 1.69. The zero-order valence-electron chi connectivity index (χ0n) is 13.7. The van der Waals surface area contributed by atoms with Crippen LogP contribution in [0, 0.1) is 0 Å². The molecule has 2 aliphatic heterocycles. The Hall–Kier alpha value is -1.78. The van der Waals surface area contributed by atoms with Gasteiger partial charge in [-0.05, 0) is 31.9 Å². The van der Waals surface area contributed by atoms with Crippen molar-refractivity contribution in [2.45, 2.75) is 36.7 Å². The second kappa shape index (κ2) is 6.19. The van der Waals surface area contributed by atoms with E-state index < -0.39 is 10.0 Å². The lowest BCUT2D eigenvalue weighted by Crippen LogP contribution is -2.49. The van der Waals surface area contributed by atoms with Crippen molar-refractivity contribution in [3.63, 3.8) is 0 Å². The number of carbonyl (C=O) groups excluding carboxylic acids is 1. The summed E-state index contributed by atoms with van der Waals surface area (Å²) in [6, 6.07) is 5.07. The summed E-state index contributed by atoms with van der Waals surface area (Å²) in [5, 5.41) is 0. The molecule has 2 saturated heterocycles. The number of carbonyl (C=O) groups is 1. The Morgan fingerprint density at radius 2 is 2.00 bits per heavy atom. The molecule has 2 fully saturated rings. The van der Waals surface area contributed by atoms with Crippen LogP contribution in [0.5, 0.6) is 0 Å². The smallest absolute Gasteiger partial charge is 0.410 e. The van der Waals surface area contributed by atoms with Crippen LogP contribution in [-0.2, 0) is 14.8 Å². The van der Waals surface area contributed by atoms with Crippen LogP contribution in [0.4, 0.5) is 4.79 Å². The summed E-state index contributed by atoms with van der Waals surface area (Å²) in [5.41, 5.74) is 1.01. The zero-order valence-corrected chi connectivity index (χ0v) is 15.3. The molecule has 1 atom stereocenters. The van der Waals surface area contributed by atoms with Crippen LogP contribution in [0.25, 0.3) is 11.0 Å². The minimum absolute atomic E-state index is 0.0215. The van der Waals surface area contributed by atoms with E-state index in [-0.39, 0.29) is 23.1 Å². The fourth-order valence-electron chi connectivity index (χ4n) is 3.52. The first-order valence-corrected chi connectivity index (χ1v) is 10.3. The van der Waals surface area contributed by atoms with Crippen molar-refractivity contribution in [1.82, 2.24) is 18.0 Å². The normalized spacial score (nSPS) is 23.3. The van der Waals surface area contributed by atoms with Crippen LogP contribution >= 0.6 is 11.7 Å². The van der Waals surface area contributed by atoms with E-state index in [9.17, 15) is 13.2 Å². The number of piperidine rings is 1. The van der Waals surface area contributed by atoms with E-state index in [4.69, 9.17) is 4.74 Å². The second-order valence-electron chi connectivity index (χ2n) is 6.36. The van der Waals surface area contributed by atoms with Crippen LogP contribution in [0.2, 0.25) is 0 Å². The summed E-state index contributed by atoms with van der Waals surface area (Å²) in [6.07, 6.45) is 0.903. The molecular weight excluding hydrogens is 364 g/mol. The molecule has 2 aliphatic rings. The summed E-state index contributed by atoms with van der Waals surface area (Å²) in [6.45, 7) is 3.09. The Balaban J connectivity index is 1.54. The monoisotopic (exact) mass is 382 g/mol. The Kier molecular flexibility index (Phi) is 4.13. The number of hydrogen-bond acceptors (Lipinski definition) is 7. The topological polar surface area (TPSA) is 92.7 Å². The molecule has 8 nitrogen and oxygen atoms in total. The summed E-state index contributed by atoms with van der Waals surface area (Å²) >= 11 is 1.01. The number of amides is 1. The molecule has 1 amide bonds. The van der Waals surface area contributed by atoms with Crippen LogP contribution in [-0.4, -0.2) is 64.2 Å². The molecule has 0 spiro atoms. The molecule has 0 radical (unpaired) electrons. The number of hydrogen-bond donors (Lipinski definition) is 0. The molecule has 1 aromatic heterocycles. The second-order valence-corrected chi connectivity index (χ2v) is 8.79. The standard InChI is InChI=1S/C15H18N4O4S2/c1-10-9-23-15(20)19(10)11-5-7-18(8-6-11)25(21,22)13-4-2-3-12-14(13)17-24-16-12/h2-4,10-11H,5-9H2,1H3. The number of aromatic nitrogens is 2. The van der Waals surface area contributed by atoms with Crippen LogP contribution in [0.15, 0.2) is 23.1 Å². The average Bonchev–Trinajstić information content (AvgIpc) is 3.21. The number of ether oxygens (including phenoxy) is 1. The average molecular weight is 382 g/mol. The molecule has 0 bridgehead atoms. The van der Waals surface area contributed by atoms with Gasteiger partial charge in [0, 0.05) is 19.1 Å². The third-order valence-corrected chi connectivity index (χ3v) is 7.29. The quantitative estimate of drug-likeness (QED) is 0.802. The van der Waals surface area contributed by atoms with Crippen molar-refractivity contribution in [2.75, 3.05) is 19.7 Å². The molecule has 0 saturated carbocycles. The van der Waals surface area contributed by atoms with Gasteiger partial charge in [0.2, 0.25) is 10.0 Å². The first-order chi connectivity index (χ1) is 12.0. The summed E-state index contributed by atoms with van der Waals surface area (Å²) < 4.78 is 40.8. The van der Waals surface area contributed by atoms with Crippen LogP contribution in [0.1, 0.15) is 19.8 Å². The van der Waals surface area contributed by atoms with Crippen LogP contribution < -0.4 is 0 Å². The van der Waals surface area contributed by atoms with E-state index in [0.717, 1.165) is 11.7 Å². The maximum Gasteiger partial charge on any atom is 0.410 e. The number of rotatable bonds is 3. The number of fused-ring (bicyclic) bond motifs is 1. The maximum absolute atomic E-state index is 13.0. The van der Waals surface area contributed by atoms with Gasteiger partial charge < -0.3 is 4.74 Å². The highest BCUT2D eigenvalue weighted by molar-refractivity contribution is 7.89. The minimum Gasteiger partial charge on any atom is -0.447 e. The van der Waals surface area contributed by atoms with Gasteiger partial charge in [0.15, 0.2) is 0 Å². The Labute approximate surface area is 149 Å². The highest BCUT2D eigenvalue weighted by Crippen LogP contribution is 2.29. The van der Waals surface area contributed by atoms with Gasteiger partial charge in [0.1, 0.15) is 22.5 Å². The van der Waals surface area contributed by atoms with E-state index in [1.54, 1.807) is 23.1 Å². The van der Waals surface area contributed by atoms with Gasteiger partial charge in [0.25, 0.3) is 0 Å². The summed E-state index contributed by atoms with van der Waals surface area (Å²) in [4.78, 5) is 13.8. The third-order valence-electron chi connectivity index (χ3n) is 4.82. The number of nitrogens with zero attached hydrogens (tertiary/aromatic N) is 4. The molecule has 4 rings (SSSR count). The van der Waals surface area contributed by atoms with Crippen molar-refractivity contribution >= 4 is 38.9 Å². The van der Waals surface area contributed by atoms with Gasteiger partial charge in [0.05, 0.1) is 17.8 Å². The molecule has 2 aromatic rings. The lowest BCUT2D eigenvalue weighted by atomic mass is 10.0. The molecule has 0 N–H and O–H groups in total. The van der Waals surface area contributed by atoms with Gasteiger partial charge in [-0.15, -0.1) is 0 Å². The largest absolute Gasteiger partial charge is 0.447 e. The third kappa shape index (κ3) is 2.77. The molecule has 3 heterocycles. The predicted molar refractivity (Wildman–Crippen MR) is 91.8 cm³/mol. The Bertz CT molecular complexity index is 905. The van der Waals surface area contributed by atoms with E-state index >= 15 is 0 Å². The van der Waals surface area contributed by atoms with E-state index in [1.165, 1.54) is 4.31 Å². The molecule has 1 unspecified atom stereocenters. The lowest BCUT2D eigenvalue weighted by molar-refractivity contribution is 0.127. The Morgan fingerprint density at radius 3 is 2.68 bits per heavy atom. The van der Waals surface area contributed by atoms with Gasteiger partial charge >= 0.3 is 6.09 Å². The van der Waals surface area contributed by atoms with Crippen molar-refractivity contribution in [3.05, 3.63) is 18.2 Å². The Morgan fingerprint density at radius 1 is 1.24 bits per heavy atom. The highest BCUT2D eigenvalue weighted by atomic mass is 32.2. The maximum atomic E-state index is 13.0. The minimum atomic E-state index is -3.63. The van der Waals surface area contributed by atoms with Crippen molar-refractivity contribution in [2.24, 2.45) is 0 Å². The highest BCUT2D eigenvalue weighted by Gasteiger charge is 2.39. The molecule has 134 valence electrons. The van der Waals surface area contributed by atoms with Gasteiger partial charge in [-0.25, -0.2) is 13.2 Å². The SMILES string of the molecule is CC1COC(=O)N1C1CCN(S(=O)(=O)c2cccc3nsnc23)CC1. The van der Waals surface area contributed by atoms with Gasteiger partial charge in [-0.3, -0.25) is 4.90 Å². The zero-order chi connectivity index (χ0) is 17.6. The van der Waals surface area contributed by atoms with Crippen molar-refractivity contribution < 1.29 is 17.9 Å². The van der Waals surface area contributed by atoms with Gasteiger partial charge in [-0.2, -0.15) is 13.1 Å². The molecule has 1 aromatic carbocycles. The lowest BCUT2D eigenvalue weighted by Gasteiger charge is -2.36. The first-order valence-electron chi connectivity index (χ1n) is 8.15. The van der Waals surface area contributed by atoms with Crippen LogP contribution in [0.3, 0.4) is 0 Å². The summed E-state index contributed by atoms with van der Waals surface area (Å²) in [5.74, 6) is 0. The molecule has 10 heteroatoms. The van der Waals surface area contributed by atoms with Crippen molar-refractivity contribution in [3.8, 4) is 0 Å². The fraction of sp³-hybridized carbons (Fsp3) is 0.533. The number of cyclic esters (lactones) is 1.